The molecule has 0 aliphatic rings. The molecule has 0 saturated heterocycles. The Labute approximate surface area is 59.9 Å². The van der Waals surface area contributed by atoms with Gasteiger partial charge in [-0.2, -0.15) is 0 Å². The molecular formula is C5H13N3O2. The highest BCUT2D eigenvalue weighted by Crippen LogP contribution is 1.77. The van der Waals surface area contributed by atoms with Gasteiger partial charge in [0.2, 0.25) is 0 Å². The van der Waals surface area contributed by atoms with Gasteiger partial charge in [-0.25, -0.2) is 10.2 Å². The fraction of sp³-hybridized carbons (Fsp3) is 0.800. The lowest BCUT2D eigenvalue weighted by Gasteiger charge is -2.11. The third-order valence-corrected chi connectivity index (χ3v) is 0.858. The van der Waals surface area contributed by atoms with E-state index in [1.165, 1.54) is 0 Å². The zero-order chi connectivity index (χ0) is 7.98. The van der Waals surface area contributed by atoms with Crippen LogP contribution >= 0.6 is 0 Å². The number of nitrogens with two attached hydrogens (primary N) is 1. The number of primary amides is 1. The molecule has 2 amide bonds. The molecule has 0 aromatic rings. The molecule has 0 bridgehead atoms. The molecule has 5 heteroatoms. The Morgan fingerprint density at radius 3 is 2.80 bits per heavy atom. The topological polar surface area (TPSA) is 76.4 Å². The highest BCUT2D eigenvalue weighted by Gasteiger charge is 1.98. The fourth-order valence-electron chi connectivity index (χ4n) is 0.486. The molecule has 0 heterocycles. The molecule has 0 saturated carbocycles. The summed E-state index contributed by atoms with van der Waals surface area (Å²) in [6.45, 7) is 2.39. The van der Waals surface area contributed by atoms with E-state index in [2.05, 4.69) is 10.9 Å². The molecule has 1 unspecified atom stereocenters. The van der Waals surface area contributed by atoms with Crippen molar-refractivity contribution in [2.75, 3.05) is 13.7 Å². The lowest BCUT2D eigenvalue weighted by molar-refractivity contribution is 0.166. The Balaban J connectivity index is 3.21. The number of nitrogens with one attached hydrogen (secondary N) is 2. The van der Waals surface area contributed by atoms with E-state index >= 15 is 0 Å². The van der Waals surface area contributed by atoms with E-state index in [1.807, 2.05) is 6.92 Å². The summed E-state index contributed by atoms with van der Waals surface area (Å²) in [5, 5.41) is 0. The SMILES string of the molecule is COCC(C)NNC(N)=O. The highest BCUT2D eigenvalue weighted by atomic mass is 16.5. The normalized spacial score (nSPS) is 12.6. The maximum atomic E-state index is 10.1. The van der Waals surface area contributed by atoms with Gasteiger partial charge in [-0.15, -0.1) is 0 Å². The largest absolute Gasteiger partial charge is 0.383 e. The van der Waals surface area contributed by atoms with Gasteiger partial charge in [0.25, 0.3) is 0 Å². The van der Waals surface area contributed by atoms with Crippen LogP contribution < -0.4 is 16.6 Å². The van der Waals surface area contributed by atoms with Crippen LogP contribution in [0.4, 0.5) is 4.79 Å². The standard InChI is InChI=1S/C5H13N3O2/c1-4(3-10-2)7-8-5(6)9/h4,7H,3H2,1-2H3,(H3,6,8,9). The van der Waals surface area contributed by atoms with Crippen LogP contribution in [0.3, 0.4) is 0 Å². The summed E-state index contributed by atoms with van der Waals surface area (Å²) in [7, 11) is 1.59. The van der Waals surface area contributed by atoms with E-state index in [0.717, 1.165) is 0 Å². The summed E-state index contributed by atoms with van der Waals surface area (Å²) < 4.78 is 4.78. The van der Waals surface area contributed by atoms with Gasteiger partial charge in [0.1, 0.15) is 0 Å². The van der Waals surface area contributed by atoms with E-state index in [1.54, 1.807) is 7.11 Å². The van der Waals surface area contributed by atoms with Gasteiger partial charge in [0, 0.05) is 13.2 Å². The minimum absolute atomic E-state index is 0.0671. The number of carbonyl (C=O) groups excluding carboxylic acids is 1. The van der Waals surface area contributed by atoms with Gasteiger partial charge in [-0.1, -0.05) is 0 Å². The zero-order valence-corrected chi connectivity index (χ0v) is 6.18. The van der Waals surface area contributed by atoms with E-state index in [4.69, 9.17) is 10.5 Å². The van der Waals surface area contributed by atoms with Crippen molar-refractivity contribution in [2.45, 2.75) is 13.0 Å². The number of methoxy groups -OCH3 is 1. The van der Waals surface area contributed by atoms with E-state index in [-0.39, 0.29) is 6.04 Å². The van der Waals surface area contributed by atoms with Crippen LogP contribution in [0, 0.1) is 0 Å². The van der Waals surface area contributed by atoms with Crippen LogP contribution in [-0.2, 0) is 4.74 Å². The second-order valence-corrected chi connectivity index (χ2v) is 1.99. The number of amides is 2. The van der Waals surface area contributed by atoms with Gasteiger partial charge >= 0.3 is 6.03 Å². The van der Waals surface area contributed by atoms with Gasteiger partial charge in [0.05, 0.1) is 6.61 Å². The third-order valence-electron chi connectivity index (χ3n) is 0.858. The van der Waals surface area contributed by atoms with Crippen molar-refractivity contribution < 1.29 is 9.53 Å². The lowest BCUT2D eigenvalue weighted by Crippen LogP contribution is -2.47. The molecule has 5 nitrogen and oxygen atoms in total. The van der Waals surface area contributed by atoms with Crippen LogP contribution in [-0.4, -0.2) is 25.8 Å². The molecule has 0 rings (SSSR count). The quantitative estimate of drug-likeness (QED) is 0.455. The first-order valence-corrected chi connectivity index (χ1v) is 2.96. The first kappa shape index (κ1) is 9.19. The number of carbonyl (C=O) groups is 1. The average molecular weight is 147 g/mol. The van der Waals surface area contributed by atoms with Crippen LogP contribution in [0.1, 0.15) is 6.92 Å². The molecule has 60 valence electrons. The first-order valence-electron chi connectivity index (χ1n) is 2.96. The number of hydrazine groups is 1. The molecule has 1 atom stereocenters. The number of urea groups is 1. The zero-order valence-electron chi connectivity index (χ0n) is 6.18. The Morgan fingerprint density at radius 2 is 2.40 bits per heavy atom. The van der Waals surface area contributed by atoms with Crippen LogP contribution in [0.2, 0.25) is 0 Å². The molecule has 0 spiro atoms. The molecule has 10 heavy (non-hydrogen) atoms. The first-order chi connectivity index (χ1) is 4.66. The van der Waals surface area contributed by atoms with Crippen molar-refractivity contribution in [3.8, 4) is 0 Å². The monoisotopic (exact) mass is 147 g/mol. The molecule has 4 N–H and O–H groups in total. The number of ether oxygens (including phenoxy) is 1. The summed E-state index contributed by atoms with van der Waals surface area (Å²) in [6, 6.07) is -0.527. The molecule has 0 aliphatic carbocycles. The Kier molecular flexibility index (Phi) is 4.61. The number of hydrogen-bond acceptors (Lipinski definition) is 3. The van der Waals surface area contributed by atoms with Crippen molar-refractivity contribution in [3.63, 3.8) is 0 Å². The van der Waals surface area contributed by atoms with Gasteiger partial charge in [-0.3, -0.25) is 5.43 Å². The number of hydrogen-bond donors (Lipinski definition) is 3. The minimum Gasteiger partial charge on any atom is -0.383 e. The third kappa shape index (κ3) is 5.33. The maximum absolute atomic E-state index is 10.1. The summed E-state index contributed by atoms with van der Waals surface area (Å²) in [6.07, 6.45) is 0. The summed E-state index contributed by atoms with van der Waals surface area (Å²) >= 11 is 0. The van der Waals surface area contributed by atoms with E-state index < -0.39 is 6.03 Å². The predicted octanol–water partition coefficient (Wildman–Crippen LogP) is -0.806. The van der Waals surface area contributed by atoms with Crippen molar-refractivity contribution in [1.82, 2.24) is 10.9 Å². The Bertz CT molecular complexity index is 107. The van der Waals surface area contributed by atoms with Gasteiger partial charge in [-0.05, 0) is 6.92 Å². The summed E-state index contributed by atoms with van der Waals surface area (Å²) in [5.74, 6) is 0. The smallest absolute Gasteiger partial charge is 0.326 e. The molecule has 0 radical (unpaired) electrons. The molecular weight excluding hydrogens is 134 g/mol. The summed E-state index contributed by atoms with van der Waals surface area (Å²) in [4.78, 5) is 10.1. The van der Waals surface area contributed by atoms with Crippen LogP contribution in [0.5, 0.6) is 0 Å². The Morgan fingerprint density at radius 1 is 1.80 bits per heavy atom. The van der Waals surface area contributed by atoms with Crippen molar-refractivity contribution in [1.29, 1.82) is 0 Å². The van der Waals surface area contributed by atoms with Crippen LogP contribution in [0.15, 0.2) is 0 Å². The minimum atomic E-state index is -0.594. The maximum Gasteiger partial charge on any atom is 0.326 e. The van der Waals surface area contributed by atoms with Gasteiger partial charge < -0.3 is 10.5 Å². The predicted molar refractivity (Wildman–Crippen MR) is 37.2 cm³/mol. The van der Waals surface area contributed by atoms with Gasteiger partial charge in [0.15, 0.2) is 0 Å². The van der Waals surface area contributed by atoms with Crippen molar-refractivity contribution in [2.24, 2.45) is 5.73 Å². The van der Waals surface area contributed by atoms with E-state index in [0.29, 0.717) is 6.61 Å². The van der Waals surface area contributed by atoms with Crippen molar-refractivity contribution >= 4 is 6.03 Å². The fourth-order valence-corrected chi connectivity index (χ4v) is 0.486. The molecule has 0 aromatic heterocycles. The second-order valence-electron chi connectivity index (χ2n) is 1.99. The van der Waals surface area contributed by atoms with E-state index in [9.17, 15) is 4.79 Å². The molecule has 0 fully saturated rings. The van der Waals surface area contributed by atoms with Crippen LogP contribution in [0.25, 0.3) is 0 Å². The molecule has 0 aromatic carbocycles. The number of rotatable bonds is 4. The average Bonchev–Trinajstić information content (AvgIpc) is 1.85. The lowest BCUT2D eigenvalue weighted by atomic mass is 10.4. The Hall–Kier alpha value is -0.810. The summed E-state index contributed by atoms with van der Waals surface area (Å²) in [5.41, 5.74) is 9.66. The highest BCUT2D eigenvalue weighted by molar-refractivity contribution is 5.70. The molecule has 0 aliphatic heterocycles. The van der Waals surface area contributed by atoms with Crippen molar-refractivity contribution in [3.05, 3.63) is 0 Å². The second kappa shape index (κ2) is 5.01.